The van der Waals surface area contributed by atoms with Crippen molar-refractivity contribution < 1.29 is 19.0 Å². The van der Waals surface area contributed by atoms with Crippen LogP contribution in [-0.4, -0.2) is 26.3 Å². The molecule has 1 heterocycles. The summed E-state index contributed by atoms with van der Waals surface area (Å²) < 4.78 is 15.5. The highest BCUT2D eigenvalue weighted by atomic mass is 16.6. The summed E-state index contributed by atoms with van der Waals surface area (Å²) in [6.45, 7) is 2.78. The van der Waals surface area contributed by atoms with E-state index in [1.165, 1.54) is 0 Å². The molecule has 1 unspecified atom stereocenters. The Balaban J connectivity index is 2.11. The quantitative estimate of drug-likeness (QED) is 0.578. The van der Waals surface area contributed by atoms with E-state index in [4.69, 9.17) is 14.2 Å². The van der Waals surface area contributed by atoms with Crippen molar-refractivity contribution in [3.8, 4) is 5.75 Å². The molecule has 0 radical (unpaired) electrons. The Morgan fingerprint density at radius 1 is 1.41 bits per heavy atom. The van der Waals surface area contributed by atoms with Gasteiger partial charge in [0, 0.05) is 0 Å². The Morgan fingerprint density at radius 3 is 2.53 bits per heavy atom. The fourth-order valence-electron chi connectivity index (χ4n) is 1.65. The Kier molecular flexibility index (Phi) is 3.33. The van der Waals surface area contributed by atoms with Gasteiger partial charge < -0.3 is 14.2 Å². The summed E-state index contributed by atoms with van der Waals surface area (Å²) in [6.07, 6.45) is 0.810. The Labute approximate surface area is 100 Å². The third-order valence-electron chi connectivity index (χ3n) is 2.76. The van der Waals surface area contributed by atoms with Gasteiger partial charge in [0.15, 0.2) is 0 Å². The number of esters is 1. The topological polar surface area (TPSA) is 48.1 Å². The molecule has 1 atom stereocenters. The van der Waals surface area contributed by atoms with Gasteiger partial charge in [-0.3, -0.25) is 0 Å². The van der Waals surface area contributed by atoms with Crippen molar-refractivity contribution in [1.29, 1.82) is 0 Å². The van der Waals surface area contributed by atoms with Crippen molar-refractivity contribution in [2.75, 3.05) is 20.3 Å². The van der Waals surface area contributed by atoms with Crippen molar-refractivity contribution in [2.45, 2.75) is 18.9 Å². The summed E-state index contributed by atoms with van der Waals surface area (Å²) in [5.74, 6) is 0.455. The van der Waals surface area contributed by atoms with Gasteiger partial charge in [0.05, 0.1) is 20.3 Å². The van der Waals surface area contributed by atoms with Crippen molar-refractivity contribution in [3.05, 3.63) is 29.8 Å². The second-order valence-corrected chi connectivity index (χ2v) is 3.98. The third-order valence-corrected chi connectivity index (χ3v) is 2.76. The van der Waals surface area contributed by atoms with Gasteiger partial charge in [0.25, 0.3) is 0 Å². The van der Waals surface area contributed by atoms with Crippen LogP contribution in [0.3, 0.4) is 0 Å². The molecule has 0 N–H and O–H groups in total. The molecule has 1 aliphatic rings. The number of carbonyl (C=O) groups is 1. The van der Waals surface area contributed by atoms with E-state index >= 15 is 0 Å². The average molecular weight is 236 g/mol. The maximum atomic E-state index is 11.9. The second kappa shape index (κ2) is 4.75. The molecule has 1 saturated heterocycles. The molecule has 0 spiro atoms. The van der Waals surface area contributed by atoms with Crippen molar-refractivity contribution in [2.24, 2.45) is 0 Å². The lowest BCUT2D eigenvalue weighted by Crippen LogP contribution is -2.25. The molecule has 0 aliphatic carbocycles. The van der Waals surface area contributed by atoms with Crippen molar-refractivity contribution in [1.82, 2.24) is 0 Å². The van der Waals surface area contributed by atoms with E-state index in [-0.39, 0.29) is 5.97 Å². The number of hydrogen-bond donors (Lipinski definition) is 0. The van der Waals surface area contributed by atoms with Gasteiger partial charge in [0.1, 0.15) is 5.75 Å². The summed E-state index contributed by atoms with van der Waals surface area (Å²) in [5, 5.41) is 0. The molecule has 1 aromatic rings. The molecule has 4 nitrogen and oxygen atoms in total. The summed E-state index contributed by atoms with van der Waals surface area (Å²) in [4.78, 5) is 11.9. The third kappa shape index (κ3) is 2.26. The SMILES string of the molecule is CCCOC(=O)C1(c2ccc(OC)cc2)CO1. The molecule has 92 valence electrons. The smallest absolute Gasteiger partial charge is 0.345 e. The summed E-state index contributed by atoms with van der Waals surface area (Å²) in [5.41, 5.74) is -0.0547. The molecule has 1 aliphatic heterocycles. The zero-order valence-corrected chi connectivity index (χ0v) is 10.1. The number of hydrogen-bond acceptors (Lipinski definition) is 4. The van der Waals surface area contributed by atoms with E-state index in [2.05, 4.69) is 0 Å². The van der Waals surface area contributed by atoms with Gasteiger partial charge in [-0.2, -0.15) is 0 Å². The molecule has 1 fully saturated rings. The molecular formula is C13H16O4. The Morgan fingerprint density at radius 2 is 2.06 bits per heavy atom. The van der Waals surface area contributed by atoms with Crippen LogP contribution in [0.2, 0.25) is 0 Å². The number of methoxy groups -OCH3 is 1. The lowest BCUT2D eigenvalue weighted by molar-refractivity contribution is -0.150. The molecule has 0 saturated carbocycles. The lowest BCUT2D eigenvalue weighted by Gasteiger charge is -2.12. The maximum Gasteiger partial charge on any atom is 0.345 e. The lowest BCUT2D eigenvalue weighted by atomic mass is 10.0. The molecule has 0 aromatic heterocycles. The average Bonchev–Trinajstić information content (AvgIpc) is 3.17. The van der Waals surface area contributed by atoms with E-state index in [1.54, 1.807) is 7.11 Å². The number of carbonyl (C=O) groups excluding carboxylic acids is 1. The van der Waals surface area contributed by atoms with Crippen LogP contribution >= 0.6 is 0 Å². The van der Waals surface area contributed by atoms with Gasteiger partial charge in [-0.1, -0.05) is 19.1 Å². The molecular weight excluding hydrogens is 220 g/mol. The van der Waals surface area contributed by atoms with Crippen LogP contribution in [0, 0.1) is 0 Å². The van der Waals surface area contributed by atoms with Crippen molar-refractivity contribution in [3.63, 3.8) is 0 Å². The molecule has 4 heteroatoms. The molecule has 1 aromatic carbocycles. The largest absolute Gasteiger partial charge is 0.497 e. The number of rotatable bonds is 5. The first-order valence-electron chi connectivity index (χ1n) is 5.68. The predicted octanol–water partition coefficient (Wildman–Crippen LogP) is 1.87. The minimum absolute atomic E-state index is 0.301. The van der Waals surface area contributed by atoms with Crippen LogP contribution in [-0.2, 0) is 19.9 Å². The predicted molar refractivity (Wildman–Crippen MR) is 61.9 cm³/mol. The molecule has 0 bridgehead atoms. The van der Waals surface area contributed by atoms with Crippen LogP contribution in [0.1, 0.15) is 18.9 Å². The van der Waals surface area contributed by atoms with Gasteiger partial charge in [-0.15, -0.1) is 0 Å². The Bertz CT molecular complexity index is 392. The van der Waals surface area contributed by atoms with E-state index in [1.807, 2.05) is 31.2 Å². The fraction of sp³-hybridized carbons (Fsp3) is 0.462. The first-order chi connectivity index (χ1) is 8.23. The minimum atomic E-state index is -0.874. The number of epoxide rings is 1. The highest BCUT2D eigenvalue weighted by molar-refractivity contribution is 5.84. The molecule has 2 rings (SSSR count). The van der Waals surface area contributed by atoms with E-state index < -0.39 is 5.60 Å². The van der Waals surface area contributed by atoms with E-state index in [0.717, 1.165) is 17.7 Å². The van der Waals surface area contributed by atoms with Crippen LogP contribution in [0.4, 0.5) is 0 Å². The van der Waals surface area contributed by atoms with Crippen LogP contribution < -0.4 is 4.74 Å². The summed E-state index contributed by atoms with van der Waals surface area (Å²) in [7, 11) is 1.61. The molecule has 0 amide bonds. The highest BCUT2D eigenvalue weighted by Gasteiger charge is 2.55. The first kappa shape index (κ1) is 11.9. The molecule has 17 heavy (non-hydrogen) atoms. The second-order valence-electron chi connectivity index (χ2n) is 3.98. The normalized spacial score (nSPS) is 22.0. The first-order valence-corrected chi connectivity index (χ1v) is 5.68. The maximum absolute atomic E-state index is 11.9. The van der Waals surface area contributed by atoms with E-state index in [0.29, 0.717) is 13.2 Å². The number of benzene rings is 1. The number of ether oxygens (including phenoxy) is 3. The minimum Gasteiger partial charge on any atom is -0.497 e. The van der Waals surface area contributed by atoms with E-state index in [9.17, 15) is 4.79 Å². The van der Waals surface area contributed by atoms with Crippen molar-refractivity contribution >= 4 is 5.97 Å². The monoisotopic (exact) mass is 236 g/mol. The fourth-order valence-corrected chi connectivity index (χ4v) is 1.65. The zero-order valence-electron chi connectivity index (χ0n) is 10.1. The Hall–Kier alpha value is -1.55. The van der Waals surface area contributed by atoms with Gasteiger partial charge in [-0.25, -0.2) is 4.79 Å². The van der Waals surface area contributed by atoms with Gasteiger partial charge in [0.2, 0.25) is 5.60 Å². The van der Waals surface area contributed by atoms with Gasteiger partial charge in [-0.05, 0) is 24.1 Å². The summed E-state index contributed by atoms with van der Waals surface area (Å²) in [6, 6.07) is 7.29. The standard InChI is InChI=1S/C13H16O4/c1-3-8-16-12(14)13(9-17-13)10-4-6-11(15-2)7-5-10/h4-7H,3,8-9H2,1-2H3. The van der Waals surface area contributed by atoms with Crippen LogP contribution in [0.15, 0.2) is 24.3 Å². The summed E-state index contributed by atoms with van der Waals surface area (Å²) >= 11 is 0. The zero-order chi connectivity index (χ0) is 12.3. The highest BCUT2D eigenvalue weighted by Crippen LogP contribution is 2.40. The van der Waals surface area contributed by atoms with Crippen LogP contribution in [0.25, 0.3) is 0 Å². The van der Waals surface area contributed by atoms with Crippen LogP contribution in [0.5, 0.6) is 5.75 Å². The van der Waals surface area contributed by atoms with Gasteiger partial charge >= 0.3 is 5.97 Å².